The summed E-state index contributed by atoms with van der Waals surface area (Å²) < 4.78 is 49.3. The molecule has 63 heavy (non-hydrogen) atoms. The van der Waals surface area contributed by atoms with E-state index in [-0.39, 0.29) is 42.6 Å². The molecule has 0 saturated carbocycles. The molecular formula is C51H49N3O7S2. The zero-order valence-electron chi connectivity index (χ0n) is 35.0. The van der Waals surface area contributed by atoms with Gasteiger partial charge in [-0.2, -0.15) is 4.72 Å². The number of rotatable bonds is 16. The lowest BCUT2D eigenvalue weighted by Crippen LogP contribution is -2.47. The molecule has 0 aliphatic carbocycles. The molecular weight excluding hydrogens is 831 g/mol. The smallest absolute Gasteiger partial charge is 0.256 e. The van der Waals surface area contributed by atoms with Crippen LogP contribution < -0.4 is 10.0 Å². The average Bonchev–Trinajstić information content (AvgIpc) is 3.76. The van der Waals surface area contributed by atoms with Crippen molar-refractivity contribution >= 4 is 27.7 Å². The molecule has 322 valence electrons. The molecule has 2 heterocycles. The number of aliphatic hydroxyl groups is 1. The van der Waals surface area contributed by atoms with Gasteiger partial charge in [-0.1, -0.05) is 176 Å². The second-order valence-corrected chi connectivity index (χ2v) is 18.3. The summed E-state index contributed by atoms with van der Waals surface area (Å²) in [6.07, 6.45) is -1.13. The highest BCUT2D eigenvalue weighted by molar-refractivity contribution is 7.99. The summed E-state index contributed by atoms with van der Waals surface area (Å²) >= 11 is 1.50. The standard InChI is InChI=1S/C51H49N3O7S2/c1-34-18-28-43(29-19-34)63(57,58)54-44(30-36-12-6-3-7-13-36)49(56)52-31-37-20-26-42(27-21-37)50-59-45(35(2)47(60-50)41-24-22-38(32-55)23-25-41)33-62-51-53-46(39-14-8-4-9-15-39)48(61-51)40-16-10-5-11-17-40/h3-29,35,44-45,47,50,54-55H,30-33H2,1-2H3,(H,52,56). The van der Waals surface area contributed by atoms with E-state index in [2.05, 4.69) is 17.0 Å². The lowest BCUT2D eigenvalue weighted by Gasteiger charge is -2.41. The first-order valence-electron chi connectivity index (χ1n) is 20.9. The molecule has 5 atom stereocenters. The minimum atomic E-state index is -3.98. The molecule has 7 aromatic rings. The van der Waals surface area contributed by atoms with Crippen LogP contribution >= 0.6 is 11.8 Å². The molecule has 10 nitrogen and oxygen atoms in total. The van der Waals surface area contributed by atoms with Gasteiger partial charge in [0.1, 0.15) is 11.7 Å². The van der Waals surface area contributed by atoms with Gasteiger partial charge >= 0.3 is 0 Å². The first-order valence-corrected chi connectivity index (χ1v) is 23.3. The van der Waals surface area contributed by atoms with Crippen molar-refractivity contribution in [3.63, 3.8) is 0 Å². The number of nitrogens with one attached hydrogen (secondary N) is 2. The second kappa shape index (κ2) is 20.1. The van der Waals surface area contributed by atoms with Crippen LogP contribution in [0.15, 0.2) is 178 Å². The number of ether oxygens (including phenoxy) is 2. The Kier molecular flexibility index (Phi) is 14.0. The van der Waals surface area contributed by atoms with Crippen molar-refractivity contribution in [2.45, 2.75) is 68.1 Å². The first kappa shape index (κ1) is 43.8. The van der Waals surface area contributed by atoms with Gasteiger partial charge in [0.05, 0.1) is 23.7 Å². The number of aryl methyl sites for hydroxylation is 1. The Morgan fingerprint density at radius 2 is 1.33 bits per heavy atom. The number of benzene rings is 6. The summed E-state index contributed by atoms with van der Waals surface area (Å²) in [5, 5.41) is 13.2. The van der Waals surface area contributed by atoms with Gasteiger partial charge in [-0.25, -0.2) is 13.4 Å². The van der Waals surface area contributed by atoms with Crippen LogP contribution in [0.25, 0.3) is 22.6 Å². The molecule has 1 saturated heterocycles. The summed E-state index contributed by atoms with van der Waals surface area (Å²) in [7, 11) is -3.98. The van der Waals surface area contributed by atoms with E-state index >= 15 is 0 Å². The number of nitrogens with zero attached hydrogens (tertiary/aromatic N) is 1. The Hall–Kier alpha value is -5.86. The molecule has 12 heteroatoms. The van der Waals surface area contributed by atoms with Crippen LogP contribution in [0.2, 0.25) is 0 Å². The summed E-state index contributed by atoms with van der Waals surface area (Å²) in [5.74, 6) is 0.737. The summed E-state index contributed by atoms with van der Waals surface area (Å²) in [6.45, 7) is 4.12. The number of carbonyl (C=O) groups is 1. The topological polar surface area (TPSA) is 140 Å². The number of sulfonamides is 1. The number of thioether (sulfide) groups is 1. The maximum absolute atomic E-state index is 13.7. The molecule has 1 aliphatic heterocycles. The molecule has 6 aromatic carbocycles. The Morgan fingerprint density at radius 1 is 0.730 bits per heavy atom. The Balaban J connectivity index is 0.985. The molecule has 8 rings (SSSR count). The average molecular weight is 880 g/mol. The lowest BCUT2D eigenvalue weighted by atomic mass is 9.91. The highest BCUT2D eigenvalue weighted by Crippen LogP contribution is 2.44. The highest BCUT2D eigenvalue weighted by Gasteiger charge is 2.39. The van der Waals surface area contributed by atoms with Gasteiger partial charge in [-0.15, -0.1) is 0 Å². The van der Waals surface area contributed by atoms with Gasteiger partial charge in [0, 0.05) is 34.9 Å². The van der Waals surface area contributed by atoms with Crippen molar-refractivity contribution in [1.82, 2.24) is 15.0 Å². The van der Waals surface area contributed by atoms with Crippen molar-refractivity contribution in [1.29, 1.82) is 0 Å². The molecule has 1 aliphatic rings. The van der Waals surface area contributed by atoms with Crippen LogP contribution in [-0.4, -0.2) is 42.3 Å². The Bertz CT molecular complexity index is 2620. The lowest BCUT2D eigenvalue weighted by molar-refractivity contribution is -0.268. The number of aromatic nitrogens is 1. The maximum Gasteiger partial charge on any atom is 0.256 e. The molecule has 1 amide bonds. The number of oxazole rings is 1. The van der Waals surface area contributed by atoms with Crippen LogP contribution in [0.5, 0.6) is 0 Å². The van der Waals surface area contributed by atoms with Crippen molar-refractivity contribution < 1.29 is 32.2 Å². The van der Waals surface area contributed by atoms with Gasteiger partial charge in [0.25, 0.3) is 5.22 Å². The summed E-state index contributed by atoms with van der Waals surface area (Å²) in [6, 6.07) is 50.2. The van der Waals surface area contributed by atoms with Crippen LogP contribution in [0.3, 0.4) is 0 Å². The van der Waals surface area contributed by atoms with Crippen LogP contribution in [0, 0.1) is 12.8 Å². The quantitative estimate of drug-likeness (QED) is 0.0810. The SMILES string of the molecule is Cc1ccc(S(=O)(=O)NC(Cc2ccccc2)C(=O)NCc2ccc(C3OC(CSc4nc(-c5ccccc5)c(-c5ccccc5)o4)C(C)C(c4ccc(CO)cc4)O3)cc2)cc1. The Morgan fingerprint density at radius 3 is 1.98 bits per heavy atom. The zero-order chi connectivity index (χ0) is 43.8. The third-order valence-electron chi connectivity index (χ3n) is 11.1. The van der Waals surface area contributed by atoms with Crippen LogP contribution in [0.1, 0.15) is 52.7 Å². The van der Waals surface area contributed by atoms with E-state index in [4.69, 9.17) is 18.9 Å². The van der Waals surface area contributed by atoms with E-state index in [0.717, 1.165) is 50.2 Å². The molecule has 0 radical (unpaired) electrons. The predicted molar refractivity (Wildman–Crippen MR) is 245 cm³/mol. The van der Waals surface area contributed by atoms with Crippen molar-refractivity contribution in [2.24, 2.45) is 5.92 Å². The van der Waals surface area contributed by atoms with E-state index in [1.807, 2.05) is 146 Å². The van der Waals surface area contributed by atoms with Crippen molar-refractivity contribution in [3.05, 3.63) is 197 Å². The third-order valence-corrected chi connectivity index (χ3v) is 13.5. The number of hydrogen-bond acceptors (Lipinski definition) is 9. The van der Waals surface area contributed by atoms with E-state index in [1.54, 1.807) is 12.1 Å². The normalized spacial score (nSPS) is 18.1. The Labute approximate surface area is 372 Å². The van der Waals surface area contributed by atoms with Crippen LogP contribution in [0.4, 0.5) is 0 Å². The maximum atomic E-state index is 13.7. The van der Waals surface area contributed by atoms with Crippen LogP contribution in [-0.2, 0) is 43.9 Å². The summed E-state index contributed by atoms with van der Waals surface area (Å²) in [4.78, 5) is 18.8. The highest BCUT2D eigenvalue weighted by atomic mass is 32.2. The fourth-order valence-electron chi connectivity index (χ4n) is 7.52. The fraction of sp³-hybridized carbons (Fsp3) is 0.216. The van der Waals surface area contributed by atoms with Crippen molar-refractivity contribution in [3.8, 4) is 22.6 Å². The fourth-order valence-corrected chi connectivity index (χ4v) is 9.70. The van der Waals surface area contributed by atoms with E-state index < -0.39 is 28.3 Å². The molecule has 1 fully saturated rings. The van der Waals surface area contributed by atoms with Gasteiger partial charge in [0.2, 0.25) is 15.9 Å². The second-order valence-electron chi connectivity index (χ2n) is 15.7. The van der Waals surface area contributed by atoms with Gasteiger partial charge in [0.15, 0.2) is 12.1 Å². The van der Waals surface area contributed by atoms with E-state index in [1.165, 1.54) is 23.9 Å². The third kappa shape index (κ3) is 10.9. The molecule has 3 N–H and O–H groups in total. The van der Waals surface area contributed by atoms with E-state index in [0.29, 0.717) is 16.7 Å². The molecule has 0 bridgehead atoms. The number of amides is 1. The molecule has 5 unspecified atom stereocenters. The number of carbonyl (C=O) groups excluding carboxylic acids is 1. The first-order chi connectivity index (χ1) is 30.6. The zero-order valence-corrected chi connectivity index (χ0v) is 36.6. The van der Waals surface area contributed by atoms with Gasteiger partial charge in [-0.3, -0.25) is 4.79 Å². The van der Waals surface area contributed by atoms with Crippen molar-refractivity contribution in [2.75, 3.05) is 5.75 Å². The largest absolute Gasteiger partial charge is 0.431 e. The minimum Gasteiger partial charge on any atom is -0.431 e. The minimum absolute atomic E-state index is 0.0536. The molecule has 0 spiro atoms. The summed E-state index contributed by atoms with van der Waals surface area (Å²) in [5.41, 5.74) is 7.83. The molecule has 1 aromatic heterocycles. The van der Waals surface area contributed by atoms with E-state index in [9.17, 15) is 18.3 Å². The monoisotopic (exact) mass is 879 g/mol. The number of aliphatic hydroxyl groups excluding tert-OH is 1. The van der Waals surface area contributed by atoms with Gasteiger partial charge in [-0.05, 0) is 47.7 Å². The predicted octanol–water partition coefficient (Wildman–Crippen LogP) is 9.60. The van der Waals surface area contributed by atoms with Gasteiger partial charge < -0.3 is 24.3 Å². The number of hydrogen-bond donors (Lipinski definition) is 3.